The third kappa shape index (κ3) is 5.31. The fourth-order valence-corrected chi connectivity index (χ4v) is 4.58. The molecular formula is C25H25Cl2N5O4. The zero-order valence-electron chi connectivity index (χ0n) is 19.2. The summed E-state index contributed by atoms with van der Waals surface area (Å²) in [6, 6.07) is 14.9. The van der Waals surface area contributed by atoms with E-state index in [0.29, 0.717) is 34.4 Å². The van der Waals surface area contributed by atoms with Gasteiger partial charge in [-0.2, -0.15) is 0 Å². The van der Waals surface area contributed by atoms with Crippen molar-refractivity contribution in [2.45, 2.75) is 31.6 Å². The number of aliphatic hydroxyl groups excluding tert-OH is 1. The normalized spacial score (nSPS) is 21.9. The maximum Gasteiger partial charge on any atom is 0.167 e. The summed E-state index contributed by atoms with van der Waals surface area (Å²) in [5.74, 6) is -0.134. The van der Waals surface area contributed by atoms with Gasteiger partial charge in [-0.25, -0.2) is 15.0 Å². The van der Waals surface area contributed by atoms with Crippen molar-refractivity contribution in [1.82, 2.24) is 19.5 Å². The first kappa shape index (κ1) is 24.9. The molecule has 3 N–H and O–H groups in total. The molecule has 9 nitrogen and oxygen atoms in total. The standard InChI is InChI=1S/C25H25Cl2N5O4/c26-17-5-1-15(2-6-17)10-34-12-20-22(35-11-16-3-7-18(27)8-4-16)19(9-33)25(36-20)32-14-31-21-23(28)29-13-30-24(21)32/h1-8,13-14,19-20,22,25,33H,9-12H2,(H2,28,29,30)/t19-,20-,22+,25-/m1/s1. The van der Waals surface area contributed by atoms with Crippen LogP contribution in [0.15, 0.2) is 61.2 Å². The Labute approximate surface area is 217 Å². The van der Waals surface area contributed by atoms with Crippen LogP contribution in [0.1, 0.15) is 17.4 Å². The number of aliphatic hydroxyl groups is 1. The van der Waals surface area contributed by atoms with E-state index >= 15 is 0 Å². The molecule has 1 aliphatic heterocycles. The Morgan fingerprint density at radius 2 is 1.61 bits per heavy atom. The smallest absolute Gasteiger partial charge is 0.167 e. The van der Waals surface area contributed by atoms with Crippen LogP contribution < -0.4 is 5.73 Å². The lowest BCUT2D eigenvalue weighted by molar-refractivity contribution is -0.0819. The molecular weight excluding hydrogens is 505 g/mol. The van der Waals surface area contributed by atoms with Crippen LogP contribution in [0.4, 0.5) is 5.82 Å². The van der Waals surface area contributed by atoms with Crippen LogP contribution in [-0.2, 0) is 27.4 Å². The number of nitrogen functional groups attached to an aromatic ring is 1. The average molecular weight is 530 g/mol. The Balaban J connectivity index is 1.37. The van der Waals surface area contributed by atoms with Crippen molar-refractivity contribution in [2.75, 3.05) is 18.9 Å². The molecule has 0 radical (unpaired) electrons. The van der Waals surface area contributed by atoms with Crippen LogP contribution in [0.25, 0.3) is 11.2 Å². The van der Waals surface area contributed by atoms with Crippen LogP contribution in [0, 0.1) is 5.92 Å². The van der Waals surface area contributed by atoms with Crippen molar-refractivity contribution in [3.8, 4) is 0 Å². The lowest BCUT2D eigenvalue weighted by Gasteiger charge is -2.23. The van der Waals surface area contributed by atoms with Gasteiger partial charge in [0.2, 0.25) is 0 Å². The zero-order chi connectivity index (χ0) is 25.1. The van der Waals surface area contributed by atoms with Crippen molar-refractivity contribution in [1.29, 1.82) is 0 Å². The number of halogens is 2. The van der Waals surface area contributed by atoms with Gasteiger partial charge in [0.25, 0.3) is 0 Å². The third-order valence-corrected chi connectivity index (χ3v) is 6.66. The highest BCUT2D eigenvalue weighted by Crippen LogP contribution is 2.38. The van der Waals surface area contributed by atoms with Crippen molar-refractivity contribution < 1.29 is 19.3 Å². The minimum Gasteiger partial charge on any atom is -0.396 e. The van der Waals surface area contributed by atoms with E-state index in [4.69, 9.17) is 43.1 Å². The number of anilines is 1. The van der Waals surface area contributed by atoms with Gasteiger partial charge in [0.1, 0.15) is 24.2 Å². The van der Waals surface area contributed by atoms with Crippen LogP contribution in [-0.4, -0.2) is 50.0 Å². The monoisotopic (exact) mass is 529 g/mol. The van der Waals surface area contributed by atoms with Gasteiger partial charge >= 0.3 is 0 Å². The van der Waals surface area contributed by atoms with Crippen molar-refractivity contribution in [3.63, 3.8) is 0 Å². The molecule has 3 heterocycles. The fourth-order valence-electron chi connectivity index (χ4n) is 4.33. The topological polar surface area (TPSA) is 118 Å². The van der Waals surface area contributed by atoms with Crippen LogP contribution in [0.2, 0.25) is 10.0 Å². The third-order valence-electron chi connectivity index (χ3n) is 6.16. The van der Waals surface area contributed by atoms with Gasteiger partial charge in [0.15, 0.2) is 11.5 Å². The van der Waals surface area contributed by atoms with Gasteiger partial charge in [-0.05, 0) is 35.4 Å². The number of fused-ring (bicyclic) bond motifs is 1. The van der Waals surface area contributed by atoms with Gasteiger partial charge in [-0.1, -0.05) is 47.5 Å². The molecule has 36 heavy (non-hydrogen) atoms. The van der Waals surface area contributed by atoms with Gasteiger partial charge < -0.3 is 25.1 Å². The number of nitrogens with two attached hydrogens (primary N) is 1. The van der Waals surface area contributed by atoms with Crippen LogP contribution in [0.3, 0.4) is 0 Å². The first-order chi connectivity index (χ1) is 17.5. The van der Waals surface area contributed by atoms with E-state index in [1.807, 2.05) is 48.5 Å². The number of imidazole rings is 1. The molecule has 188 valence electrons. The number of benzene rings is 2. The molecule has 1 aliphatic rings. The first-order valence-corrected chi connectivity index (χ1v) is 12.2. The Morgan fingerprint density at radius 1 is 0.944 bits per heavy atom. The van der Waals surface area contributed by atoms with Gasteiger partial charge in [-0.15, -0.1) is 0 Å². The molecule has 2 aromatic heterocycles. The summed E-state index contributed by atoms with van der Waals surface area (Å²) in [6.07, 6.45) is 1.46. The summed E-state index contributed by atoms with van der Waals surface area (Å²) in [5, 5.41) is 11.7. The molecule has 11 heteroatoms. The number of ether oxygens (including phenoxy) is 3. The lowest BCUT2D eigenvalue weighted by Crippen LogP contribution is -2.35. The minimum absolute atomic E-state index is 0.177. The Hall–Kier alpha value is -2.79. The highest BCUT2D eigenvalue weighted by molar-refractivity contribution is 6.30. The summed E-state index contributed by atoms with van der Waals surface area (Å²) in [5.41, 5.74) is 8.89. The molecule has 2 aromatic carbocycles. The predicted octanol–water partition coefficient (Wildman–Crippen LogP) is 4.02. The van der Waals surface area contributed by atoms with E-state index in [1.165, 1.54) is 6.33 Å². The second kappa shape index (κ2) is 11.1. The molecule has 1 saturated heterocycles. The predicted molar refractivity (Wildman–Crippen MR) is 135 cm³/mol. The van der Waals surface area contributed by atoms with E-state index in [-0.39, 0.29) is 19.0 Å². The second-order valence-corrected chi connectivity index (χ2v) is 9.41. The molecule has 4 atom stereocenters. The van der Waals surface area contributed by atoms with E-state index in [1.54, 1.807) is 10.9 Å². The number of nitrogens with zero attached hydrogens (tertiary/aromatic N) is 4. The molecule has 5 rings (SSSR count). The van der Waals surface area contributed by atoms with Gasteiger partial charge in [0, 0.05) is 10.0 Å². The molecule has 0 aliphatic carbocycles. The number of hydrogen-bond acceptors (Lipinski definition) is 8. The maximum absolute atomic E-state index is 10.4. The highest BCUT2D eigenvalue weighted by Gasteiger charge is 2.46. The molecule has 4 aromatic rings. The molecule has 0 unspecified atom stereocenters. The maximum atomic E-state index is 10.4. The SMILES string of the molecule is Nc1ncnc2c1ncn2[C@@H]1O[C@H](COCc2ccc(Cl)cc2)[C@@H](OCc2ccc(Cl)cc2)[C@H]1CO. The van der Waals surface area contributed by atoms with Crippen molar-refractivity contribution in [3.05, 3.63) is 82.4 Å². The molecule has 0 amide bonds. The molecule has 0 saturated carbocycles. The summed E-state index contributed by atoms with van der Waals surface area (Å²) in [6.45, 7) is 0.781. The number of aromatic nitrogens is 4. The quantitative estimate of drug-likeness (QED) is 0.333. The van der Waals surface area contributed by atoms with Crippen molar-refractivity contribution >= 4 is 40.2 Å². The van der Waals surface area contributed by atoms with E-state index in [2.05, 4.69) is 15.0 Å². The Bertz CT molecular complexity index is 1300. The van der Waals surface area contributed by atoms with Gasteiger partial charge in [-0.3, -0.25) is 4.57 Å². The summed E-state index contributed by atoms with van der Waals surface area (Å²) < 4.78 is 20.5. The van der Waals surface area contributed by atoms with Crippen molar-refractivity contribution in [2.24, 2.45) is 5.92 Å². The summed E-state index contributed by atoms with van der Waals surface area (Å²) in [7, 11) is 0. The van der Waals surface area contributed by atoms with Crippen LogP contribution >= 0.6 is 23.2 Å². The van der Waals surface area contributed by atoms with Crippen LogP contribution in [0.5, 0.6) is 0 Å². The van der Waals surface area contributed by atoms with E-state index in [9.17, 15) is 5.11 Å². The molecule has 0 bridgehead atoms. The number of rotatable bonds is 9. The Morgan fingerprint density at radius 3 is 2.28 bits per heavy atom. The minimum atomic E-state index is -0.589. The molecule has 0 spiro atoms. The van der Waals surface area contributed by atoms with Gasteiger partial charge in [0.05, 0.1) is 44.8 Å². The fraction of sp³-hybridized carbons (Fsp3) is 0.320. The number of hydrogen-bond donors (Lipinski definition) is 2. The lowest BCUT2D eigenvalue weighted by atomic mass is 10.00. The molecule has 1 fully saturated rings. The largest absolute Gasteiger partial charge is 0.396 e. The highest BCUT2D eigenvalue weighted by atomic mass is 35.5. The average Bonchev–Trinajstić information content (AvgIpc) is 3.47. The summed E-state index contributed by atoms with van der Waals surface area (Å²) >= 11 is 12.0. The first-order valence-electron chi connectivity index (χ1n) is 11.4. The van der Waals surface area contributed by atoms with E-state index in [0.717, 1.165) is 11.1 Å². The second-order valence-electron chi connectivity index (χ2n) is 8.54. The summed E-state index contributed by atoms with van der Waals surface area (Å²) in [4.78, 5) is 12.7. The Kier molecular flexibility index (Phi) is 7.66. The zero-order valence-corrected chi connectivity index (χ0v) is 20.7. The van der Waals surface area contributed by atoms with E-state index < -0.39 is 24.4 Å².